The lowest BCUT2D eigenvalue weighted by Crippen LogP contribution is -2.33. The lowest BCUT2D eigenvalue weighted by atomic mass is 10.1. The molecule has 0 bridgehead atoms. The third kappa shape index (κ3) is 4.72. The first kappa shape index (κ1) is 16.8. The Kier molecular flexibility index (Phi) is 5.82. The summed E-state index contributed by atoms with van der Waals surface area (Å²) in [5.74, 6) is 1.57. The van der Waals surface area contributed by atoms with E-state index in [9.17, 15) is 0 Å². The second-order valence-corrected chi connectivity index (χ2v) is 5.54. The van der Waals surface area contributed by atoms with Crippen LogP contribution in [-0.4, -0.2) is 21.6 Å². The fraction of sp³-hybridized carbons (Fsp3) is 0.375. The van der Waals surface area contributed by atoms with Crippen molar-refractivity contribution >= 4 is 29.9 Å². The Bertz CT molecular complexity index is 645. The third-order valence-electron chi connectivity index (χ3n) is 3.63. The molecular formula is C16H22IN5. The minimum atomic E-state index is 0. The van der Waals surface area contributed by atoms with E-state index in [1.807, 2.05) is 19.3 Å². The molecule has 1 aliphatic carbocycles. The molecule has 3 rings (SSSR count). The van der Waals surface area contributed by atoms with Crippen LogP contribution in [0.5, 0.6) is 0 Å². The molecule has 0 saturated heterocycles. The first-order valence-corrected chi connectivity index (χ1v) is 7.33. The predicted octanol–water partition coefficient (Wildman–Crippen LogP) is 2.42. The van der Waals surface area contributed by atoms with Crippen LogP contribution >= 0.6 is 24.0 Å². The molecule has 3 N–H and O–H groups in total. The summed E-state index contributed by atoms with van der Waals surface area (Å²) in [6.07, 6.45) is 6.23. The summed E-state index contributed by atoms with van der Waals surface area (Å²) in [7, 11) is 0. The van der Waals surface area contributed by atoms with E-state index in [0.29, 0.717) is 18.5 Å². The van der Waals surface area contributed by atoms with Gasteiger partial charge in [0.25, 0.3) is 0 Å². The molecule has 2 aromatic rings. The SMILES string of the molecule is Cc1nccn1Cc1cccc(CN=C(N)NC2CC2)c1.I. The van der Waals surface area contributed by atoms with Crippen LogP contribution in [0.25, 0.3) is 0 Å². The maximum Gasteiger partial charge on any atom is 0.189 e. The number of hydrogen-bond acceptors (Lipinski definition) is 2. The van der Waals surface area contributed by atoms with Gasteiger partial charge in [-0.1, -0.05) is 24.3 Å². The van der Waals surface area contributed by atoms with Crippen LogP contribution in [0, 0.1) is 6.92 Å². The van der Waals surface area contributed by atoms with Crippen LogP contribution in [-0.2, 0) is 13.1 Å². The highest BCUT2D eigenvalue weighted by molar-refractivity contribution is 14.0. The maximum absolute atomic E-state index is 5.86. The number of nitrogens with two attached hydrogens (primary N) is 1. The molecule has 0 spiro atoms. The van der Waals surface area contributed by atoms with E-state index < -0.39 is 0 Å². The maximum atomic E-state index is 5.86. The van der Waals surface area contributed by atoms with Crippen molar-refractivity contribution < 1.29 is 0 Å². The van der Waals surface area contributed by atoms with Gasteiger partial charge in [0.15, 0.2) is 5.96 Å². The largest absolute Gasteiger partial charge is 0.370 e. The second-order valence-electron chi connectivity index (χ2n) is 5.54. The van der Waals surface area contributed by atoms with Crippen LogP contribution in [0.1, 0.15) is 29.8 Å². The first-order valence-electron chi connectivity index (χ1n) is 7.33. The highest BCUT2D eigenvalue weighted by atomic mass is 127. The number of aromatic nitrogens is 2. The predicted molar refractivity (Wildman–Crippen MR) is 99.4 cm³/mol. The van der Waals surface area contributed by atoms with E-state index in [-0.39, 0.29) is 24.0 Å². The lowest BCUT2D eigenvalue weighted by molar-refractivity contribution is 0.760. The van der Waals surface area contributed by atoms with Crippen LogP contribution in [0.4, 0.5) is 0 Å². The molecule has 0 amide bonds. The number of rotatable bonds is 5. The molecule has 22 heavy (non-hydrogen) atoms. The van der Waals surface area contributed by atoms with Gasteiger partial charge in [-0.2, -0.15) is 0 Å². The van der Waals surface area contributed by atoms with Crippen molar-refractivity contribution in [1.82, 2.24) is 14.9 Å². The molecule has 1 saturated carbocycles. The second kappa shape index (κ2) is 7.62. The highest BCUT2D eigenvalue weighted by Gasteiger charge is 2.21. The molecule has 1 aliphatic rings. The molecule has 1 fully saturated rings. The highest BCUT2D eigenvalue weighted by Crippen LogP contribution is 2.18. The molecule has 6 heteroatoms. The average Bonchev–Trinajstić information content (AvgIpc) is 3.20. The molecular weight excluding hydrogens is 389 g/mol. The van der Waals surface area contributed by atoms with Gasteiger partial charge >= 0.3 is 0 Å². The van der Waals surface area contributed by atoms with Gasteiger partial charge < -0.3 is 15.6 Å². The normalized spacial score (nSPS) is 14.5. The Morgan fingerprint density at radius 3 is 2.86 bits per heavy atom. The number of nitrogens with one attached hydrogen (secondary N) is 1. The molecule has 0 radical (unpaired) electrons. The van der Waals surface area contributed by atoms with E-state index in [2.05, 4.69) is 44.1 Å². The van der Waals surface area contributed by atoms with Crippen molar-refractivity contribution in [1.29, 1.82) is 0 Å². The van der Waals surface area contributed by atoms with Crippen LogP contribution in [0.3, 0.4) is 0 Å². The first-order chi connectivity index (χ1) is 10.2. The lowest BCUT2D eigenvalue weighted by Gasteiger charge is -2.07. The minimum absolute atomic E-state index is 0. The van der Waals surface area contributed by atoms with E-state index in [1.165, 1.54) is 24.0 Å². The van der Waals surface area contributed by atoms with Crippen molar-refractivity contribution in [3.63, 3.8) is 0 Å². The van der Waals surface area contributed by atoms with Crippen molar-refractivity contribution in [2.45, 2.75) is 38.9 Å². The van der Waals surface area contributed by atoms with Gasteiger partial charge in [-0.3, -0.25) is 0 Å². The number of aryl methyl sites for hydroxylation is 1. The summed E-state index contributed by atoms with van der Waals surface area (Å²) < 4.78 is 2.13. The van der Waals surface area contributed by atoms with Gasteiger partial charge in [-0.15, -0.1) is 24.0 Å². The number of hydrogen-bond donors (Lipinski definition) is 2. The summed E-state index contributed by atoms with van der Waals surface area (Å²) in [5.41, 5.74) is 8.28. The van der Waals surface area contributed by atoms with E-state index in [1.54, 1.807) is 0 Å². The molecule has 1 aromatic carbocycles. The number of halogens is 1. The molecule has 1 heterocycles. The zero-order chi connectivity index (χ0) is 14.7. The average molecular weight is 411 g/mol. The number of nitrogens with zero attached hydrogens (tertiary/aromatic N) is 3. The van der Waals surface area contributed by atoms with Crippen molar-refractivity contribution in [2.75, 3.05) is 0 Å². The molecule has 0 unspecified atom stereocenters. The smallest absolute Gasteiger partial charge is 0.189 e. The van der Waals surface area contributed by atoms with Gasteiger partial charge in [0.2, 0.25) is 0 Å². The van der Waals surface area contributed by atoms with Gasteiger partial charge in [-0.05, 0) is 30.9 Å². The van der Waals surface area contributed by atoms with Crippen molar-refractivity contribution in [3.05, 3.63) is 53.6 Å². The topological polar surface area (TPSA) is 68.2 Å². The molecule has 5 nitrogen and oxygen atoms in total. The number of imidazole rings is 1. The van der Waals surface area contributed by atoms with Crippen molar-refractivity contribution in [2.24, 2.45) is 10.7 Å². The van der Waals surface area contributed by atoms with Crippen LogP contribution in [0.2, 0.25) is 0 Å². The van der Waals surface area contributed by atoms with Crippen LogP contribution < -0.4 is 11.1 Å². The molecule has 0 atom stereocenters. The summed E-state index contributed by atoms with van der Waals surface area (Å²) >= 11 is 0. The zero-order valence-corrected chi connectivity index (χ0v) is 15.0. The fourth-order valence-corrected chi connectivity index (χ4v) is 2.25. The van der Waals surface area contributed by atoms with E-state index in [0.717, 1.165) is 12.4 Å². The Labute approximate surface area is 148 Å². The van der Waals surface area contributed by atoms with Crippen LogP contribution in [0.15, 0.2) is 41.7 Å². The molecule has 118 valence electrons. The Morgan fingerprint density at radius 2 is 2.18 bits per heavy atom. The number of guanidine groups is 1. The quantitative estimate of drug-likeness (QED) is 0.451. The van der Waals surface area contributed by atoms with Crippen molar-refractivity contribution in [3.8, 4) is 0 Å². The van der Waals surface area contributed by atoms with Gasteiger partial charge in [-0.25, -0.2) is 9.98 Å². The Morgan fingerprint density at radius 1 is 1.41 bits per heavy atom. The number of benzene rings is 1. The van der Waals surface area contributed by atoms with Gasteiger partial charge in [0, 0.05) is 25.0 Å². The third-order valence-corrected chi connectivity index (χ3v) is 3.63. The Hall–Kier alpha value is -1.57. The van der Waals surface area contributed by atoms with E-state index in [4.69, 9.17) is 5.73 Å². The zero-order valence-electron chi connectivity index (χ0n) is 12.7. The Balaban J connectivity index is 0.00000176. The summed E-state index contributed by atoms with van der Waals surface area (Å²) in [6.45, 7) is 3.46. The molecule has 0 aliphatic heterocycles. The summed E-state index contributed by atoms with van der Waals surface area (Å²) in [4.78, 5) is 8.64. The summed E-state index contributed by atoms with van der Waals surface area (Å²) in [6, 6.07) is 8.99. The summed E-state index contributed by atoms with van der Waals surface area (Å²) in [5, 5.41) is 3.20. The van der Waals surface area contributed by atoms with Gasteiger partial charge in [0.1, 0.15) is 5.82 Å². The minimum Gasteiger partial charge on any atom is -0.370 e. The van der Waals surface area contributed by atoms with E-state index >= 15 is 0 Å². The monoisotopic (exact) mass is 411 g/mol. The number of aliphatic imine (C=N–C) groups is 1. The fourth-order valence-electron chi connectivity index (χ4n) is 2.25. The van der Waals surface area contributed by atoms with Gasteiger partial charge in [0.05, 0.1) is 6.54 Å². The molecule has 1 aromatic heterocycles. The standard InChI is InChI=1S/C16H21N5.HI/c1-12-18-7-8-21(12)11-14-4-2-3-13(9-14)10-19-16(17)20-15-5-6-15;/h2-4,7-9,15H,5-6,10-11H2,1H3,(H3,17,19,20);1H.